The van der Waals surface area contributed by atoms with E-state index in [1.54, 1.807) is 4.90 Å². The summed E-state index contributed by atoms with van der Waals surface area (Å²) in [6.45, 7) is 8.36. The largest absolute Gasteiger partial charge is 0.550 e. The smallest absolute Gasteiger partial charge is 0.172 e. The number of carboxylic acid groups (broad SMARTS) is 1. The summed E-state index contributed by atoms with van der Waals surface area (Å²) in [5.74, 6) is -0.995. The van der Waals surface area contributed by atoms with Crippen molar-refractivity contribution < 1.29 is 9.90 Å². The molecule has 0 spiro atoms. The second-order valence-corrected chi connectivity index (χ2v) is 8.93. The lowest BCUT2D eigenvalue weighted by atomic mass is 10.0. The van der Waals surface area contributed by atoms with Crippen LogP contribution in [0, 0.1) is 0 Å². The van der Waals surface area contributed by atoms with E-state index < -0.39 is 5.97 Å². The molecule has 0 unspecified atom stereocenters. The minimum absolute atomic E-state index is 0.0478. The van der Waals surface area contributed by atoms with Gasteiger partial charge in [-0.25, -0.2) is 0 Å². The molecule has 2 nitrogen and oxygen atoms in total. The van der Waals surface area contributed by atoms with E-state index in [0.717, 1.165) is 19.3 Å². The average Bonchev–Trinajstić information content (AvgIpc) is 2.80. The van der Waals surface area contributed by atoms with E-state index in [9.17, 15) is 9.90 Å². The molecule has 0 aliphatic heterocycles. The zero-order valence-corrected chi connectivity index (χ0v) is 19.3. The second kappa shape index (κ2) is 12.2. The number of aryl methyl sites for hydroxylation is 3. The second-order valence-electron chi connectivity index (χ2n) is 6.96. The summed E-state index contributed by atoms with van der Waals surface area (Å²) < 4.78 is 0. The van der Waals surface area contributed by atoms with E-state index in [1.807, 2.05) is 0 Å². The molecule has 3 heteroatoms. The summed E-state index contributed by atoms with van der Waals surface area (Å²) in [6, 6.07) is 26.9. The third-order valence-corrected chi connectivity index (χ3v) is 7.34. The SMILES string of the molecule is CCC(=O)[O-].CCc1cc(CC)c([S+](c2ccccc2)c2ccccc2)c(CC)c1. The fourth-order valence-corrected chi connectivity index (χ4v) is 5.84. The average molecular weight is 421 g/mol. The van der Waals surface area contributed by atoms with Gasteiger partial charge in [0.15, 0.2) is 14.7 Å². The lowest BCUT2D eigenvalue weighted by Crippen LogP contribution is -2.19. The van der Waals surface area contributed by atoms with Gasteiger partial charge in [-0.3, -0.25) is 0 Å². The van der Waals surface area contributed by atoms with Gasteiger partial charge in [0.05, 0.1) is 10.9 Å². The van der Waals surface area contributed by atoms with Crippen LogP contribution < -0.4 is 5.11 Å². The van der Waals surface area contributed by atoms with Gasteiger partial charge in [0.25, 0.3) is 0 Å². The Kier molecular flexibility index (Phi) is 9.69. The van der Waals surface area contributed by atoms with Crippen LogP contribution in [-0.2, 0) is 35.0 Å². The van der Waals surface area contributed by atoms with Crippen molar-refractivity contribution >= 4 is 16.9 Å². The van der Waals surface area contributed by atoms with Gasteiger partial charge in [-0.15, -0.1) is 0 Å². The van der Waals surface area contributed by atoms with Crippen LogP contribution in [0.4, 0.5) is 0 Å². The third kappa shape index (κ3) is 6.24. The molecule has 0 amide bonds. The Labute approximate surface area is 184 Å². The topological polar surface area (TPSA) is 40.1 Å². The maximum atomic E-state index is 9.26. The molecule has 3 aromatic carbocycles. The maximum absolute atomic E-state index is 9.26. The molecule has 0 heterocycles. The molecule has 0 aliphatic rings. The van der Waals surface area contributed by atoms with Crippen molar-refractivity contribution in [2.45, 2.75) is 68.1 Å². The lowest BCUT2D eigenvalue weighted by Gasteiger charge is -2.16. The molecule has 0 saturated carbocycles. The number of aliphatic carboxylic acids is 1. The van der Waals surface area contributed by atoms with E-state index in [4.69, 9.17) is 0 Å². The number of hydrogen-bond acceptors (Lipinski definition) is 2. The van der Waals surface area contributed by atoms with Crippen LogP contribution in [0.25, 0.3) is 0 Å². The highest BCUT2D eigenvalue weighted by atomic mass is 32.2. The minimum Gasteiger partial charge on any atom is -0.550 e. The van der Waals surface area contributed by atoms with Gasteiger partial charge in [0.2, 0.25) is 0 Å². The van der Waals surface area contributed by atoms with Crippen molar-refractivity contribution in [2.75, 3.05) is 0 Å². The van der Waals surface area contributed by atoms with E-state index in [2.05, 4.69) is 93.6 Å². The van der Waals surface area contributed by atoms with Crippen molar-refractivity contribution in [2.24, 2.45) is 0 Å². The quantitative estimate of drug-likeness (QED) is 0.466. The Morgan fingerprint density at radius 2 is 1.13 bits per heavy atom. The van der Waals surface area contributed by atoms with Gasteiger partial charge < -0.3 is 9.90 Å². The van der Waals surface area contributed by atoms with Crippen molar-refractivity contribution in [3.63, 3.8) is 0 Å². The van der Waals surface area contributed by atoms with Crippen LogP contribution in [0.1, 0.15) is 50.8 Å². The van der Waals surface area contributed by atoms with E-state index in [0.29, 0.717) is 0 Å². The summed E-state index contributed by atoms with van der Waals surface area (Å²) in [6.07, 6.45) is 3.38. The molecular weight excluding hydrogens is 388 g/mol. The summed E-state index contributed by atoms with van der Waals surface area (Å²) in [4.78, 5) is 13.6. The van der Waals surface area contributed by atoms with Crippen molar-refractivity contribution in [1.29, 1.82) is 0 Å². The molecule has 0 bridgehead atoms. The lowest BCUT2D eigenvalue weighted by molar-refractivity contribution is -0.305. The maximum Gasteiger partial charge on any atom is 0.172 e. The predicted molar refractivity (Wildman–Crippen MR) is 125 cm³/mol. The number of rotatable bonds is 7. The van der Waals surface area contributed by atoms with Gasteiger partial charge in [0.1, 0.15) is 0 Å². The standard InChI is InChI=1S/C24H27S.C3H6O2/c1-4-19-17-20(5-2)24(21(6-3)18-19)25(22-13-9-7-10-14-22)23-15-11-8-12-16-23;1-2-3(4)5/h7-18H,4-6H2,1-3H3;2H2,1H3,(H,4,5)/q+1;/p-1. The van der Waals surface area contributed by atoms with Crippen LogP contribution in [0.2, 0.25) is 0 Å². The zero-order valence-electron chi connectivity index (χ0n) is 18.5. The van der Waals surface area contributed by atoms with Gasteiger partial charge in [-0.2, -0.15) is 0 Å². The van der Waals surface area contributed by atoms with Crippen LogP contribution >= 0.6 is 0 Å². The molecule has 0 aliphatic carbocycles. The van der Waals surface area contributed by atoms with Gasteiger partial charge in [-0.05, 0) is 55.5 Å². The van der Waals surface area contributed by atoms with E-state index in [1.165, 1.54) is 33.4 Å². The fraction of sp³-hybridized carbons (Fsp3) is 0.296. The van der Waals surface area contributed by atoms with E-state index >= 15 is 0 Å². The molecule has 3 aromatic rings. The molecular formula is C27H32O2S. The van der Waals surface area contributed by atoms with Crippen molar-refractivity contribution in [1.82, 2.24) is 0 Å². The summed E-state index contributed by atoms with van der Waals surface area (Å²) in [7, 11) is -0.0478. The Bertz CT molecular complexity index is 856. The molecule has 30 heavy (non-hydrogen) atoms. The Balaban J connectivity index is 0.000000575. The summed E-state index contributed by atoms with van der Waals surface area (Å²) in [5.41, 5.74) is 4.47. The fourth-order valence-electron chi connectivity index (χ4n) is 3.30. The predicted octanol–water partition coefficient (Wildman–Crippen LogP) is 5.62. The molecule has 0 saturated heterocycles. The van der Waals surface area contributed by atoms with Gasteiger partial charge in [0, 0.05) is 17.1 Å². The molecule has 158 valence electrons. The number of hydrogen-bond donors (Lipinski definition) is 0. The minimum atomic E-state index is -0.995. The van der Waals surface area contributed by atoms with Crippen LogP contribution in [0.5, 0.6) is 0 Å². The van der Waals surface area contributed by atoms with Crippen molar-refractivity contribution in [3.8, 4) is 0 Å². The first kappa shape index (κ1) is 23.8. The highest BCUT2D eigenvalue weighted by molar-refractivity contribution is 7.97. The molecule has 0 atom stereocenters. The first-order valence-corrected chi connectivity index (χ1v) is 12.0. The molecule has 0 fully saturated rings. The summed E-state index contributed by atoms with van der Waals surface area (Å²) >= 11 is 0. The van der Waals surface area contributed by atoms with Crippen molar-refractivity contribution in [3.05, 3.63) is 89.5 Å². The number of carboxylic acids is 1. The number of benzene rings is 3. The Hall–Kier alpha value is -2.52. The molecule has 0 aromatic heterocycles. The Morgan fingerprint density at radius 1 is 0.733 bits per heavy atom. The Morgan fingerprint density at radius 3 is 1.43 bits per heavy atom. The normalized spacial score (nSPS) is 10.4. The molecule has 3 rings (SSSR count). The highest BCUT2D eigenvalue weighted by Crippen LogP contribution is 2.36. The third-order valence-electron chi connectivity index (χ3n) is 4.92. The first-order chi connectivity index (χ1) is 14.5. The van der Waals surface area contributed by atoms with Crippen LogP contribution in [0.15, 0.2) is 87.5 Å². The zero-order chi connectivity index (χ0) is 21.9. The summed E-state index contributed by atoms with van der Waals surface area (Å²) in [5, 5.41) is 9.26. The van der Waals surface area contributed by atoms with Gasteiger partial charge in [-0.1, -0.05) is 76.2 Å². The van der Waals surface area contributed by atoms with Gasteiger partial charge >= 0.3 is 0 Å². The highest BCUT2D eigenvalue weighted by Gasteiger charge is 2.33. The number of carbonyl (C=O) groups excluding carboxylic acids is 1. The first-order valence-electron chi connectivity index (χ1n) is 10.7. The molecule has 0 N–H and O–H groups in total. The molecule has 0 radical (unpaired) electrons. The van der Waals surface area contributed by atoms with E-state index in [-0.39, 0.29) is 17.3 Å². The number of carbonyl (C=O) groups is 1. The monoisotopic (exact) mass is 420 g/mol. The van der Waals surface area contributed by atoms with Crippen LogP contribution in [0.3, 0.4) is 0 Å². The van der Waals surface area contributed by atoms with Crippen LogP contribution in [-0.4, -0.2) is 5.97 Å².